The Morgan fingerprint density at radius 3 is 2.72 bits per heavy atom. The minimum atomic E-state index is -0.579. The average molecular weight is 242 g/mol. The zero-order valence-corrected chi connectivity index (χ0v) is 10.8. The summed E-state index contributed by atoms with van der Waals surface area (Å²) in [5.41, 5.74) is 2.23. The van der Waals surface area contributed by atoms with Crippen LogP contribution in [-0.2, 0) is 0 Å². The molecule has 0 spiro atoms. The molecule has 0 bridgehead atoms. The van der Waals surface area contributed by atoms with Crippen LogP contribution in [-0.4, -0.2) is 18.2 Å². The largest absolute Gasteiger partial charge is 0.389 e. The molecule has 0 aliphatic carbocycles. The number of terminal acetylenes is 1. The molecule has 0 amide bonds. The zero-order chi connectivity index (χ0) is 13.5. The van der Waals surface area contributed by atoms with Crippen molar-refractivity contribution in [3.8, 4) is 18.4 Å². The van der Waals surface area contributed by atoms with Gasteiger partial charge in [0.25, 0.3) is 0 Å². The van der Waals surface area contributed by atoms with Crippen LogP contribution in [0.1, 0.15) is 37.5 Å². The first-order valence-corrected chi connectivity index (χ1v) is 6.04. The van der Waals surface area contributed by atoms with E-state index in [4.69, 9.17) is 11.7 Å². The van der Waals surface area contributed by atoms with E-state index in [1.165, 1.54) is 0 Å². The van der Waals surface area contributed by atoms with E-state index in [1.807, 2.05) is 4.90 Å². The van der Waals surface area contributed by atoms with Crippen molar-refractivity contribution in [1.29, 1.82) is 5.26 Å². The summed E-state index contributed by atoms with van der Waals surface area (Å²) in [6, 6.07) is 7.40. The van der Waals surface area contributed by atoms with Crippen molar-refractivity contribution in [3.63, 3.8) is 0 Å². The highest BCUT2D eigenvalue weighted by molar-refractivity contribution is 5.59. The topological polar surface area (TPSA) is 47.3 Å². The molecule has 3 heteroatoms. The Morgan fingerprint density at radius 1 is 1.50 bits per heavy atom. The molecule has 18 heavy (non-hydrogen) atoms. The van der Waals surface area contributed by atoms with Gasteiger partial charge in [-0.25, -0.2) is 0 Å². The van der Waals surface area contributed by atoms with Gasteiger partial charge in [-0.15, -0.1) is 6.42 Å². The lowest BCUT2D eigenvalue weighted by Gasteiger charge is -2.25. The molecular weight excluding hydrogens is 224 g/mol. The summed E-state index contributed by atoms with van der Waals surface area (Å²) in [5, 5.41) is 18.8. The van der Waals surface area contributed by atoms with Gasteiger partial charge in [0.1, 0.15) is 0 Å². The zero-order valence-electron chi connectivity index (χ0n) is 10.8. The number of aliphatic hydroxyl groups is 1. The standard InChI is InChI=1S/C15H18N2O/c1-4-8-17(9-5-2)15-10-13(11-16)6-7-14(15)12(3)18/h1,6-7,10,12,18H,5,8-9H2,2-3H3. The number of anilines is 1. The third-order valence-corrected chi connectivity index (χ3v) is 2.73. The van der Waals surface area contributed by atoms with E-state index in [2.05, 4.69) is 18.9 Å². The Labute approximate surface area is 109 Å². The molecule has 0 saturated carbocycles. The number of hydrogen-bond acceptors (Lipinski definition) is 3. The monoisotopic (exact) mass is 242 g/mol. The van der Waals surface area contributed by atoms with Gasteiger partial charge in [-0.05, 0) is 25.5 Å². The molecule has 1 aromatic rings. The molecule has 1 atom stereocenters. The fraction of sp³-hybridized carbons (Fsp3) is 0.400. The van der Waals surface area contributed by atoms with E-state index in [0.717, 1.165) is 24.2 Å². The van der Waals surface area contributed by atoms with Crippen LogP contribution in [0, 0.1) is 23.7 Å². The van der Waals surface area contributed by atoms with Gasteiger partial charge in [-0.3, -0.25) is 0 Å². The highest BCUT2D eigenvalue weighted by atomic mass is 16.3. The van der Waals surface area contributed by atoms with Crippen molar-refractivity contribution in [2.45, 2.75) is 26.4 Å². The molecule has 0 aliphatic rings. The van der Waals surface area contributed by atoms with Crippen molar-refractivity contribution < 1.29 is 5.11 Å². The highest BCUT2D eigenvalue weighted by Crippen LogP contribution is 2.27. The Hall–Kier alpha value is -1.97. The summed E-state index contributed by atoms with van der Waals surface area (Å²) in [6.45, 7) is 5.06. The molecule has 0 aromatic heterocycles. The molecule has 1 N–H and O–H groups in total. The van der Waals surface area contributed by atoms with Crippen LogP contribution in [0.15, 0.2) is 18.2 Å². The van der Waals surface area contributed by atoms with Gasteiger partial charge >= 0.3 is 0 Å². The SMILES string of the molecule is C#CCN(CCC)c1cc(C#N)ccc1C(C)O. The molecule has 0 radical (unpaired) electrons. The lowest BCUT2D eigenvalue weighted by molar-refractivity contribution is 0.199. The second-order valence-electron chi connectivity index (χ2n) is 4.19. The molecule has 3 nitrogen and oxygen atoms in total. The molecule has 0 aliphatic heterocycles. The van der Waals surface area contributed by atoms with Crippen LogP contribution in [0.3, 0.4) is 0 Å². The first-order valence-electron chi connectivity index (χ1n) is 6.04. The molecule has 0 saturated heterocycles. The summed E-state index contributed by atoms with van der Waals surface area (Å²) in [6.07, 6.45) is 5.75. The van der Waals surface area contributed by atoms with Gasteiger partial charge < -0.3 is 10.0 Å². The Kier molecular flexibility index (Phi) is 5.24. The number of hydrogen-bond donors (Lipinski definition) is 1. The number of nitrogens with zero attached hydrogens (tertiary/aromatic N) is 2. The van der Waals surface area contributed by atoms with E-state index in [1.54, 1.807) is 25.1 Å². The Balaban J connectivity index is 3.24. The molecule has 1 rings (SSSR count). The van der Waals surface area contributed by atoms with Crippen molar-refractivity contribution in [3.05, 3.63) is 29.3 Å². The van der Waals surface area contributed by atoms with Crippen LogP contribution < -0.4 is 4.90 Å². The van der Waals surface area contributed by atoms with Gasteiger partial charge in [0.15, 0.2) is 0 Å². The number of aliphatic hydroxyl groups excluding tert-OH is 1. The second kappa shape index (κ2) is 6.69. The molecule has 1 aromatic carbocycles. The smallest absolute Gasteiger partial charge is 0.0992 e. The normalized spacial score (nSPS) is 11.4. The molecule has 1 unspecified atom stereocenters. The lowest BCUT2D eigenvalue weighted by Crippen LogP contribution is -2.26. The first kappa shape index (κ1) is 14.1. The minimum absolute atomic E-state index is 0.475. The summed E-state index contributed by atoms with van der Waals surface area (Å²) >= 11 is 0. The first-order chi connectivity index (χ1) is 8.63. The van der Waals surface area contributed by atoms with Crippen molar-refractivity contribution in [2.24, 2.45) is 0 Å². The fourth-order valence-corrected chi connectivity index (χ4v) is 1.91. The van der Waals surface area contributed by atoms with E-state index in [0.29, 0.717) is 12.1 Å². The van der Waals surface area contributed by atoms with E-state index in [-0.39, 0.29) is 0 Å². The second-order valence-corrected chi connectivity index (χ2v) is 4.19. The summed E-state index contributed by atoms with van der Waals surface area (Å²) < 4.78 is 0. The van der Waals surface area contributed by atoms with Crippen molar-refractivity contribution in [2.75, 3.05) is 18.0 Å². The Morgan fingerprint density at radius 2 is 2.22 bits per heavy atom. The third kappa shape index (κ3) is 3.26. The highest BCUT2D eigenvalue weighted by Gasteiger charge is 2.14. The third-order valence-electron chi connectivity index (χ3n) is 2.73. The summed E-state index contributed by atoms with van der Waals surface area (Å²) in [4.78, 5) is 2.02. The maximum atomic E-state index is 9.79. The minimum Gasteiger partial charge on any atom is -0.389 e. The van der Waals surface area contributed by atoms with Crippen molar-refractivity contribution >= 4 is 5.69 Å². The van der Waals surface area contributed by atoms with Gasteiger partial charge in [-0.2, -0.15) is 5.26 Å². The van der Waals surface area contributed by atoms with Crippen LogP contribution in [0.25, 0.3) is 0 Å². The maximum absolute atomic E-state index is 9.79. The molecular formula is C15H18N2O. The average Bonchev–Trinajstić information content (AvgIpc) is 2.37. The Bertz CT molecular complexity index is 480. The van der Waals surface area contributed by atoms with Gasteiger partial charge in [-0.1, -0.05) is 18.9 Å². The van der Waals surface area contributed by atoms with Gasteiger partial charge in [0.05, 0.1) is 24.3 Å². The maximum Gasteiger partial charge on any atom is 0.0992 e. The molecule has 0 heterocycles. The van der Waals surface area contributed by atoms with Crippen molar-refractivity contribution in [1.82, 2.24) is 0 Å². The van der Waals surface area contributed by atoms with E-state index < -0.39 is 6.10 Å². The predicted octanol–water partition coefficient (Wildman–Crippen LogP) is 2.46. The fourth-order valence-electron chi connectivity index (χ4n) is 1.91. The number of rotatable bonds is 5. The number of benzene rings is 1. The molecule has 94 valence electrons. The van der Waals surface area contributed by atoms with Crippen LogP contribution in [0.2, 0.25) is 0 Å². The van der Waals surface area contributed by atoms with Gasteiger partial charge in [0.2, 0.25) is 0 Å². The predicted molar refractivity (Wildman–Crippen MR) is 73.1 cm³/mol. The van der Waals surface area contributed by atoms with E-state index >= 15 is 0 Å². The van der Waals surface area contributed by atoms with Crippen LogP contribution in [0.4, 0.5) is 5.69 Å². The lowest BCUT2D eigenvalue weighted by atomic mass is 10.0. The summed E-state index contributed by atoms with van der Waals surface area (Å²) in [5.74, 6) is 2.62. The summed E-state index contributed by atoms with van der Waals surface area (Å²) in [7, 11) is 0. The van der Waals surface area contributed by atoms with Crippen LogP contribution in [0.5, 0.6) is 0 Å². The van der Waals surface area contributed by atoms with E-state index in [9.17, 15) is 5.11 Å². The quantitative estimate of drug-likeness (QED) is 0.807. The van der Waals surface area contributed by atoms with Gasteiger partial charge in [0, 0.05) is 17.8 Å². The number of nitriles is 1. The molecule has 0 fully saturated rings. The van der Waals surface area contributed by atoms with Crippen LogP contribution >= 0.6 is 0 Å².